The van der Waals surface area contributed by atoms with Gasteiger partial charge in [0.1, 0.15) is 11.2 Å². The Morgan fingerprint density at radius 3 is 3.05 bits per heavy atom. The van der Waals surface area contributed by atoms with Crippen LogP contribution in [0.4, 0.5) is 15.9 Å². The summed E-state index contributed by atoms with van der Waals surface area (Å²) in [7, 11) is 3.25. The van der Waals surface area contributed by atoms with Crippen molar-refractivity contribution in [2.24, 2.45) is 7.05 Å². The Bertz CT molecular complexity index is 735. The highest BCUT2D eigenvalue weighted by Gasteiger charge is 2.14. The molecule has 0 amide bonds. The summed E-state index contributed by atoms with van der Waals surface area (Å²) in [5.41, 5.74) is 1.32. The van der Waals surface area contributed by atoms with Gasteiger partial charge in [0.2, 0.25) is 0 Å². The van der Waals surface area contributed by atoms with Gasteiger partial charge in [0.25, 0.3) is 5.88 Å². The van der Waals surface area contributed by atoms with Crippen molar-refractivity contribution in [2.45, 2.75) is 0 Å². The molecule has 98 valence electrons. The van der Waals surface area contributed by atoms with Gasteiger partial charge in [0, 0.05) is 7.05 Å². The van der Waals surface area contributed by atoms with Crippen molar-refractivity contribution in [2.75, 3.05) is 12.4 Å². The van der Waals surface area contributed by atoms with E-state index in [1.165, 1.54) is 13.4 Å². The largest absolute Gasteiger partial charge is 0.478 e. The highest BCUT2D eigenvalue weighted by atomic mass is 19.1. The number of fused-ring (bicyclic) bond motifs is 1. The maximum atomic E-state index is 13.3. The molecule has 0 spiro atoms. The molecule has 0 aliphatic carbocycles. The molecule has 0 saturated carbocycles. The summed E-state index contributed by atoms with van der Waals surface area (Å²) in [5.74, 6) is 0.653. The van der Waals surface area contributed by atoms with Gasteiger partial charge >= 0.3 is 6.08 Å². The van der Waals surface area contributed by atoms with Crippen LogP contribution in [0.15, 0.2) is 12.5 Å². The molecular formula is C10H10FN7O. The SMILES string of the molecule is COc1nn(C)cc1Nc1nc(F)nc2nc[nH]c12. The smallest absolute Gasteiger partial charge is 0.312 e. The van der Waals surface area contributed by atoms with E-state index >= 15 is 0 Å². The van der Waals surface area contributed by atoms with Crippen molar-refractivity contribution in [3.8, 4) is 5.88 Å². The van der Waals surface area contributed by atoms with Crippen LogP contribution in [0.2, 0.25) is 0 Å². The molecule has 3 aromatic rings. The fraction of sp³-hybridized carbons (Fsp3) is 0.200. The topological polar surface area (TPSA) is 93.5 Å². The Labute approximate surface area is 106 Å². The highest BCUT2D eigenvalue weighted by Crippen LogP contribution is 2.27. The van der Waals surface area contributed by atoms with Crippen LogP contribution in [-0.4, -0.2) is 36.8 Å². The number of anilines is 2. The van der Waals surface area contributed by atoms with Gasteiger partial charge in [0.15, 0.2) is 11.5 Å². The molecule has 0 aliphatic heterocycles. The number of aryl methyl sites for hydroxylation is 1. The van der Waals surface area contributed by atoms with Crippen molar-refractivity contribution in [1.29, 1.82) is 0 Å². The summed E-state index contributed by atoms with van der Waals surface area (Å²) in [6.07, 6.45) is 2.26. The normalized spacial score (nSPS) is 10.9. The average molecular weight is 263 g/mol. The quantitative estimate of drug-likeness (QED) is 0.684. The first kappa shape index (κ1) is 11.4. The van der Waals surface area contributed by atoms with Gasteiger partial charge in [-0.05, 0) is 0 Å². The molecular weight excluding hydrogens is 253 g/mol. The number of nitrogens with one attached hydrogen (secondary N) is 2. The molecule has 0 atom stereocenters. The summed E-state index contributed by atoms with van der Waals surface area (Å²) in [5, 5.41) is 7.03. The standard InChI is InChI=1S/C10H10FN7O/c1-18-3-5(9(17-18)19-2)14-8-6-7(13-4-12-6)15-10(11)16-8/h3-4H,1-2H3,(H2,12,13,14,15,16). The summed E-state index contributed by atoms with van der Waals surface area (Å²) in [6, 6.07) is 0. The monoisotopic (exact) mass is 263 g/mol. The molecule has 0 bridgehead atoms. The number of hydrogen-bond acceptors (Lipinski definition) is 6. The first-order valence-electron chi connectivity index (χ1n) is 5.38. The van der Waals surface area contributed by atoms with Gasteiger partial charge in [-0.1, -0.05) is 0 Å². The number of methoxy groups -OCH3 is 1. The lowest BCUT2D eigenvalue weighted by Crippen LogP contribution is -2.00. The third-order valence-electron chi connectivity index (χ3n) is 2.50. The van der Waals surface area contributed by atoms with E-state index in [1.54, 1.807) is 17.9 Å². The van der Waals surface area contributed by atoms with Gasteiger partial charge in [-0.15, -0.1) is 5.10 Å². The van der Waals surface area contributed by atoms with E-state index in [2.05, 4.69) is 30.4 Å². The number of H-pyrrole nitrogens is 1. The first-order chi connectivity index (χ1) is 9.17. The summed E-state index contributed by atoms with van der Waals surface area (Å²) in [4.78, 5) is 14.0. The van der Waals surface area contributed by atoms with Gasteiger partial charge in [-0.25, -0.2) is 4.98 Å². The number of imidazole rings is 1. The second kappa shape index (κ2) is 4.19. The van der Waals surface area contributed by atoms with Crippen LogP contribution in [0.5, 0.6) is 5.88 Å². The van der Waals surface area contributed by atoms with Crippen molar-refractivity contribution >= 4 is 22.7 Å². The van der Waals surface area contributed by atoms with Crippen LogP contribution in [-0.2, 0) is 7.05 Å². The maximum absolute atomic E-state index is 13.3. The fourth-order valence-electron chi connectivity index (χ4n) is 1.73. The molecule has 9 heteroatoms. The number of aromatic amines is 1. The third-order valence-corrected chi connectivity index (χ3v) is 2.50. The zero-order valence-corrected chi connectivity index (χ0v) is 10.2. The summed E-state index contributed by atoms with van der Waals surface area (Å²) >= 11 is 0. The zero-order chi connectivity index (χ0) is 13.4. The highest BCUT2D eigenvalue weighted by molar-refractivity contribution is 5.85. The lowest BCUT2D eigenvalue weighted by atomic mass is 10.4. The van der Waals surface area contributed by atoms with Gasteiger partial charge in [-0.3, -0.25) is 4.68 Å². The number of rotatable bonds is 3. The van der Waals surface area contributed by atoms with E-state index < -0.39 is 6.08 Å². The number of nitrogens with zero attached hydrogens (tertiary/aromatic N) is 5. The third kappa shape index (κ3) is 1.94. The first-order valence-corrected chi connectivity index (χ1v) is 5.38. The minimum atomic E-state index is -0.857. The van der Waals surface area contributed by atoms with Crippen molar-refractivity contribution < 1.29 is 9.13 Å². The van der Waals surface area contributed by atoms with Gasteiger partial charge < -0.3 is 15.0 Å². The zero-order valence-electron chi connectivity index (χ0n) is 10.2. The molecule has 0 fully saturated rings. The van der Waals surface area contributed by atoms with Crippen LogP contribution < -0.4 is 10.1 Å². The molecule has 0 radical (unpaired) electrons. The van der Waals surface area contributed by atoms with Crippen LogP contribution in [0, 0.1) is 6.08 Å². The van der Waals surface area contributed by atoms with Crippen LogP contribution in [0.3, 0.4) is 0 Å². The predicted molar refractivity (Wildman–Crippen MR) is 64.7 cm³/mol. The number of hydrogen-bond donors (Lipinski definition) is 2. The van der Waals surface area contributed by atoms with Crippen molar-refractivity contribution in [3.05, 3.63) is 18.6 Å². The second-order valence-electron chi connectivity index (χ2n) is 3.79. The van der Waals surface area contributed by atoms with E-state index in [-0.39, 0.29) is 11.5 Å². The minimum absolute atomic E-state index is 0.248. The average Bonchev–Trinajstić information content (AvgIpc) is 2.95. The summed E-state index contributed by atoms with van der Waals surface area (Å²) in [6.45, 7) is 0. The van der Waals surface area contributed by atoms with E-state index in [4.69, 9.17) is 4.74 Å². The Hall–Kier alpha value is -2.71. The minimum Gasteiger partial charge on any atom is -0.478 e. The molecule has 8 nitrogen and oxygen atoms in total. The van der Waals surface area contributed by atoms with Crippen molar-refractivity contribution in [1.82, 2.24) is 29.7 Å². The number of halogens is 1. The molecule has 3 heterocycles. The Morgan fingerprint density at radius 2 is 2.26 bits per heavy atom. The van der Waals surface area contributed by atoms with Crippen molar-refractivity contribution in [3.63, 3.8) is 0 Å². The Balaban J connectivity index is 2.07. The van der Waals surface area contributed by atoms with Gasteiger partial charge in [-0.2, -0.15) is 14.4 Å². The molecule has 3 rings (SSSR count). The molecule has 0 unspecified atom stereocenters. The van der Waals surface area contributed by atoms with Crippen LogP contribution in [0.1, 0.15) is 0 Å². The van der Waals surface area contributed by atoms with Crippen LogP contribution >= 0.6 is 0 Å². The number of aromatic nitrogens is 6. The maximum Gasteiger partial charge on any atom is 0.312 e. The van der Waals surface area contributed by atoms with Crippen LogP contribution in [0.25, 0.3) is 11.2 Å². The number of ether oxygens (including phenoxy) is 1. The van der Waals surface area contributed by atoms with E-state index in [0.717, 1.165) is 0 Å². The lowest BCUT2D eigenvalue weighted by Gasteiger charge is -2.05. The molecule has 3 aromatic heterocycles. The molecule has 0 aromatic carbocycles. The van der Waals surface area contributed by atoms with E-state index in [0.29, 0.717) is 17.1 Å². The molecule has 0 saturated heterocycles. The predicted octanol–water partition coefficient (Wildman–Crippen LogP) is 0.978. The van der Waals surface area contributed by atoms with E-state index in [9.17, 15) is 4.39 Å². The molecule has 19 heavy (non-hydrogen) atoms. The fourth-order valence-corrected chi connectivity index (χ4v) is 1.73. The molecule has 2 N–H and O–H groups in total. The van der Waals surface area contributed by atoms with E-state index in [1.807, 2.05) is 0 Å². The molecule has 0 aliphatic rings. The Kier molecular flexibility index (Phi) is 2.51. The Morgan fingerprint density at radius 1 is 1.42 bits per heavy atom. The lowest BCUT2D eigenvalue weighted by molar-refractivity contribution is 0.393. The second-order valence-corrected chi connectivity index (χ2v) is 3.79. The van der Waals surface area contributed by atoms with Gasteiger partial charge in [0.05, 0.1) is 19.6 Å². The summed E-state index contributed by atoms with van der Waals surface area (Å²) < 4.78 is 20.0.